The Morgan fingerprint density at radius 3 is 2.00 bits per heavy atom. The first-order chi connectivity index (χ1) is 9.97. The van der Waals surface area contributed by atoms with Gasteiger partial charge in [0.25, 0.3) is 0 Å². The summed E-state index contributed by atoms with van der Waals surface area (Å²) in [5.41, 5.74) is -0.874. The molecule has 124 valence electrons. The van der Waals surface area contributed by atoms with Crippen LogP contribution in [0.2, 0.25) is 0 Å². The van der Waals surface area contributed by atoms with Crippen molar-refractivity contribution in [3.63, 3.8) is 0 Å². The van der Waals surface area contributed by atoms with E-state index in [0.717, 1.165) is 5.56 Å². The molecule has 0 saturated heterocycles. The first-order valence-corrected chi connectivity index (χ1v) is 7.64. The van der Waals surface area contributed by atoms with Gasteiger partial charge in [0, 0.05) is 0 Å². The number of alkyl carbamates (subject to hydrolysis) is 1. The van der Waals surface area contributed by atoms with Gasteiger partial charge in [0.2, 0.25) is 0 Å². The van der Waals surface area contributed by atoms with Gasteiger partial charge in [0.05, 0.1) is 12.1 Å². The zero-order valence-electron chi connectivity index (χ0n) is 14.6. The molecule has 2 N–H and O–H groups in total. The van der Waals surface area contributed by atoms with Crippen molar-refractivity contribution >= 4 is 6.09 Å². The molecule has 0 atom stereocenters. The van der Waals surface area contributed by atoms with E-state index in [1.807, 2.05) is 71.9 Å². The van der Waals surface area contributed by atoms with E-state index in [4.69, 9.17) is 4.74 Å². The van der Waals surface area contributed by atoms with Gasteiger partial charge in [-0.2, -0.15) is 0 Å². The van der Waals surface area contributed by atoms with Crippen LogP contribution in [0.4, 0.5) is 4.79 Å². The molecule has 0 aromatic heterocycles. The van der Waals surface area contributed by atoms with Crippen LogP contribution >= 0.6 is 0 Å². The van der Waals surface area contributed by atoms with Crippen molar-refractivity contribution in [1.29, 1.82) is 0 Å². The number of benzene rings is 1. The van der Waals surface area contributed by atoms with Crippen LogP contribution in [0, 0.1) is 10.8 Å². The van der Waals surface area contributed by atoms with E-state index in [0.29, 0.717) is 0 Å². The zero-order valence-corrected chi connectivity index (χ0v) is 14.6. The number of hydrogen-bond donors (Lipinski definition) is 2. The second kappa shape index (κ2) is 6.69. The number of amides is 1. The average Bonchev–Trinajstić information content (AvgIpc) is 2.41. The maximum atomic E-state index is 11.9. The average molecular weight is 307 g/mol. The molecule has 4 nitrogen and oxygen atoms in total. The molecule has 1 aromatic rings. The lowest BCUT2D eigenvalue weighted by Gasteiger charge is -2.49. The number of carbonyl (C=O) groups is 1. The minimum atomic E-state index is -1.05. The molecule has 0 saturated carbocycles. The van der Waals surface area contributed by atoms with E-state index in [-0.39, 0.29) is 24.0 Å². The SMILES string of the molecule is CC(C)(C)C(O)(CNC(=O)OCc1ccccc1)C(C)(C)C. The van der Waals surface area contributed by atoms with E-state index in [2.05, 4.69) is 5.32 Å². The van der Waals surface area contributed by atoms with Gasteiger partial charge >= 0.3 is 6.09 Å². The van der Waals surface area contributed by atoms with Gasteiger partial charge in [-0.05, 0) is 16.4 Å². The predicted octanol–water partition coefficient (Wildman–Crippen LogP) is 3.74. The van der Waals surface area contributed by atoms with Crippen LogP contribution in [-0.2, 0) is 11.3 Å². The monoisotopic (exact) mass is 307 g/mol. The topological polar surface area (TPSA) is 58.6 Å². The Bertz CT molecular complexity index is 469. The van der Waals surface area contributed by atoms with Gasteiger partial charge in [-0.3, -0.25) is 0 Å². The van der Waals surface area contributed by atoms with Crippen molar-refractivity contribution in [1.82, 2.24) is 5.32 Å². The summed E-state index contributed by atoms with van der Waals surface area (Å²) in [6.07, 6.45) is -0.518. The molecular weight excluding hydrogens is 278 g/mol. The minimum Gasteiger partial charge on any atom is -0.445 e. The molecule has 1 aromatic carbocycles. The van der Waals surface area contributed by atoms with Crippen molar-refractivity contribution in [3.8, 4) is 0 Å². The lowest BCUT2D eigenvalue weighted by Crippen LogP contribution is -2.59. The third-order valence-corrected chi connectivity index (χ3v) is 4.18. The molecule has 0 unspecified atom stereocenters. The molecule has 1 amide bonds. The first-order valence-electron chi connectivity index (χ1n) is 7.64. The van der Waals surface area contributed by atoms with Gasteiger partial charge < -0.3 is 15.2 Å². The lowest BCUT2D eigenvalue weighted by molar-refractivity contribution is -0.133. The van der Waals surface area contributed by atoms with Crippen LogP contribution in [-0.4, -0.2) is 23.3 Å². The molecule has 0 radical (unpaired) electrons. The normalized spacial score (nSPS) is 12.9. The highest BCUT2D eigenvalue weighted by atomic mass is 16.5. The Hall–Kier alpha value is -1.55. The van der Waals surface area contributed by atoms with Gasteiger partial charge in [0.15, 0.2) is 0 Å². The zero-order chi connectivity index (χ0) is 17.0. The Morgan fingerprint density at radius 1 is 1.05 bits per heavy atom. The number of nitrogens with one attached hydrogen (secondary N) is 1. The lowest BCUT2D eigenvalue weighted by atomic mass is 9.62. The maximum absolute atomic E-state index is 11.9. The molecule has 1 rings (SSSR count). The van der Waals surface area contributed by atoms with Crippen LogP contribution in [0.5, 0.6) is 0 Å². The molecule has 0 aliphatic rings. The molecule has 0 aliphatic heterocycles. The van der Waals surface area contributed by atoms with Crippen LogP contribution < -0.4 is 5.32 Å². The van der Waals surface area contributed by atoms with Gasteiger partial charge in [-0.25, -0.2) is 4.79 Å². The Kier molecular flexibility index (Phi) is 5.63. The summed E-state index contributed by atoms with van der Waals surface area (Å²) in [7, 11) is 0. The fourth-order valence-electron chi connectivity index (χ4n) is 2.63. The fourth-order valence-corrected chi connectivity index (χ4v) is 2.63. The highest BCUT2D eigenvalue weighted by Crippen LogP contribution is 2.43. The second-order valence-corrected chi connectivity index (χ2v) is 7.78. The molecule has 0 aliphatic carbocycles. The first kappa shape index (κ1) is 18.5. The third-order valence-electron chi connectivity index (χ3n) is 4.18. The van der Waals surface area contributed by atoms with E-state index < -0.39 is 11.7 Å². The van der Waals surface area contributed by atoms with Crippen LogP contribution in [0.1, 0.15) is 47.1 Å². The molecular formula is C18H29NO3. The van der Waals surface area contributed by atoms with Crippen molar-refractivity contribution in [2.24, 2.45) is 10.8 Å². The van der Waals surface area contributed by atoms with Crippen molar-refractivity contribution in [3.05, 3.63) is 35.9 Å². The van der Waals surface area contributed by atoms with Gasteiger partial charge in [0.1, 0.15) is 6.61 Å². The highest BCUT2D eigenvalue weighted by Gasteiger charge is 2.49. The number of hydrogen-bond acceptors (Lipinski definition) is 3. The van der Waals surface area contributed by atoms with E-state index in [1.165, 1.54) is 0 Å². The summed E-state index contributed by atoms with van der Waals surface area (Å²) >= 11 is 0. The van der Waals surface area contributed by atoms with Gasteiger partial charge in [-0.15, -0.1) is 0 Å². The van der Waals surface area contributed by atoms with Crippen LogP contribution in [0.25, 0.3) is 0 Å². The summed E-state index contributed by atoms with van der Waals surface area (Å²) in [6, 6.07) is 9.50. The summed E-state index contributed by atoms with van der Waals surface area (Å²) in [5.74, 6) is 0. The standard InChI is InChI=1S/C18H29NO3/c1-16(2,3)18(21,17(4,5)6)13-19-15(20)22-12-14-10-8-7-9-11-14/h7-11,21H,12-13H2,1-6H3,(H,19,20). The number of rotatable bonds is 4. The van der Waals surface area contributed by atoms with Crippen LogP contribution in [0.3, 0.4) is 0 Å². The largest absolute Gasteiger partial charge is 0.445 e. The fraction of sp³-hybridized carbons (Fsp3) is 0.611. The molecule has 22 heavy (non-hydrogen) atoms. The molecule has 0 heterocycles. The summed E-state index contributed by atoms with van der Waals surface area (Å²) in [6.45, 7) is 12.2. The summed E-state index contributed by atoms with van der Waals surface area (Å²) in [5, 5.41) is 13.7. The van der Waals surface area contributed by atoms with Crippen molar-refractivity contribution < 1.29 is 14.6 Å². The van der Waals surface area contributed by atoms with Crippen molar-refractivity contribution in [2.75, 3.05) is 6.54 Å². The Labute approximate surface area is 133 Å². The molecule has 0 spiro atoms. The number of ether oxygens (including phenoxy) is 1. The number of carbonyl (C=O) groups excluding carboxylic acids is 1. The van der Waals surface area contributed by atoms with Crippen molar-refractivity contribution in [2.45, 2.75) is 53.8 Å². The summed E-state index contributed by atoms with van der Waals surface area (Å²) < 4.78 is 5.19. The predicted molar refractivity (Wildman–Crippen MR) is 88.5 cm³/mol. The van der Waals surface area contributed by atoms with E-state index in [9.17, 15) is 9.90 Å². The minimum absolute atomic E-state index is 0.146. The van der Waals surface area contributed by atoms with E-state index in [1.54, 1.807) is 0 Å². The highest BCUT2D eigenvalue weighted by molar-refractivity contribution is 5.67. The molecule has 4 heteroatoms. The Balaban J connectivity index is 2.61. The van der Waals surface area contributed by atoms with E-state index >= 15 is 0 Å². The second-order valence-electron chi connectivity index (χ2n) is 7.78. The maximum Gasteiger partial charge on any atom is 0.407 e. The van der Waals surface area contributed by atoms with Gasteiger partial charge in [-0.1, -0.05) is 71.9 Å². The number of aliphatic hydroxyl groups is 1. The smallest absolute Gasteiger partial charge is 0.407 e. The molecule has 0 fully saturated rings. The third kappa shape index (κ3) is 4.47. The Morgan fingerprint density at radius 2 is 1.55 bits per heavy atom. The molecule has 0 bridgehead atoms. The summed E-state index contributed by atoms with van der Waals surface area (Å²) in [4.78, 5) is 11.9. The quantitative estimate of drug-likeness (QED) is 0.891. The van der Waals surface area contributed by atoms with Crippen LogP contribution in [0.15, 0.2) is 30.3 Å².